The number of rotatable bonds is 2. The summed E-state index contributed by atoms with van der Waals surface area (Å²) in [5.41, 5.74) is 6.04. The summed E-state index contributed by atoms with van der Waals surface area (Å²) in [6, 6.07) is -0.0997. The summed E-state index contributed by atoms with van der Waals surface area (Å²) < 4.78 is 13.7. The monoisotopic (exact) mass is 224 g/mol. The van der Waals surface area contributed by atoms with Crippen LogP contribution in [0.5, 0.6) is 0 Å². The van der Waals surface area contributed by atoms with E-state index in [0.29, 0.717) is 18.1 Å². The summed E-state index contributed by atoms with van der Waals surface area (Å²) in [5.74, 6) is 0.545. The first-order chi connectivity index (χ1) is 7.68. The van der Waals surface area contributed by atoms with Crippen LogP contribution in [0.3, 0.4) is 0 Å². The lowest BCUT2D eigenvalue weighted by Crippen LogP contribution is -2.42. The maximum atomic E-state index is 13.7. The molecule has 0 bridgehead atoms. The van der Waals surface area contributed by atoms with Gasteiger partial charge < -0.3 is 10.6 Å². The Hall–Kier alpha value is -1.39. The average molecular weight is 224 g/mol. The summed E-state index contributed by atoms with van der Waals surface area (Å²) in [4.78, 5) is 10.0. The third kappa shape index (κ3) is 2.23. The number of anilines is 2. The molecule has 0 saturated heterocycles. The Kier molecular flexibility index (Phi) is 3.22. The number of hydrogen-bond acceptors (Lipinski definition) is 4. The highest BCUT2D eigenvalue weighted by atomic mass is 19.1. The third-order valence-corrected chi connectivity index (χ3v) is 3.12. The molecule has 1 aromatic heterocycles. The van der Waals surface area contributed by atoms with Gasteiger partial charge in [0.1, 0.15) is 6.17 Å². The van der Waals surface area contributed by atoms with Crippen molar-refractivity contribution in [1.29, 1.82) is 0 Å². The van der Waals surface area contributed by atoms with Gasteiger partial charge in [-0.15, -0.1) is 0 Å². The summed E-state index contributed by atoms with van der Waals surface area (Å²) in [6.07, 6.45) is 5.89. The molecule has 0 aliphatic heterocycles. The van der Waals surface area contributed by atoms with Crippen LogP contribution in [0.1, 0.15) is 25.7 Å². The van der Waals surface area contributed by atoms with Crippen molar-refractivity contribution in [3.63, 3.8) is 0 Å². The Morgan fingerprint density at radius 2 is 1.94 bits per heavy atom. The number of alkyl halides is 1. The van der Waals surface area contributed by atoms with Crippen molar-refractivity contribution >= 4 is 11.6 Å². The highest BCUT2D eigenvalue weighted by Gasteiger charge is 2.29. The van der Waals surface area contributed by atoms with E-state index in [1.807, 2.05) is 11.9 Å². The second-order valence-corrected chi connectivity index (χ2v) is 4.30. The number of hydrogen-bond donors (Lipinski definition) is 1. The molecule has 0 radical (unpaired) electrons. The SMILES string of the molecule is CN(c1ncc(N)cn1)[C@@H]1CCCC[C@H]1F. The molecule has 1 saturated carbocycles. The largest absolute Gasteiger partial charge is 0.396 e. The van der Waals surface area contributed by atoms with E-state index >= 15 is 0 Å². The summed E-state index contributed by atoms with van der Waals surface area (Å²) >= 11 is 0. The maximum Gasteiger partial charge on any atom is 0.225 e. The molecule has 1 aromatic rings. The van der Waals surface area contributed by atoms with Gasteiger partial charge in [0.15, 0.2) is 0 Å². The Morgan fingerprint density at radius 1 is 1.31 bits per heavy atom. The number of nitrogen functional groups attached to an aromatic ring is 1. The van der Waals surface area contributed by atoms with Gasteiger partial charge >= 0.3 is 0 Å². The van der Waals surface area contributed by atoms with Crippen LogP contribution in [0.25, 0.3) is 0 Å². The fraction of sp³-hybridized carbons (Fsp3) is 0.636. The van der Waals surface area contributed by atoms with E-state index in [1.165, 1.54) is 0 Å². The van der Waals surface area contributed by atoms with Gasteiger partial charge in [0.2, 0.25) is 5.95 Å². The minimum Gasteiger partial charge on any atom is -0.396 e. The molecule has 88 valence electrons. The molecular weight excluding hydrogens is 207 g/mol. The number of aromatic nitrogens is 2. The van der Waals surface area contributed by atoms with Gasteiger partial charge in [0.05, 0.1) is 24.1 Å². The van der Waals surface area contributed by atoms with Gasteiger partial charge in [-0.25, -0.2) is 14.4 Å². The van der Waals surface area contributed by atoms with Crippen LogP contribution in [0.15, 0.2) is 12.4 Å². The van der Waals surface area contributed by atoms with Crippen molar-refractivity contribution in [3.8, 4) is 0 Å². The van der Waals surface area contributed by atoms with Gasteiger partial charge in [-0.3, -0.25) is 0 Å². The molecule has 1 aliphatic rings. The second-order valence-electron chi connectivity index (χ2n) is 4.30. The summed E-state index contributed by atoms with van der Waals surface area (Å²) in [6.45, 7) is 0. The number of nitrogens with two attached hydrogens (primary N) is 1. The van der Waals surface area contributed by atoms with Crippen LogP contribution >= 0.6 is 0 Å². The van der Waals surface area contributed by atoms with Crippen molar-refractivity contribution in [2.75, 3.05) is 17.7 Å². The van der Waals surface area contributed by atoms with Gasteiger partial charge in [0, 0.05) is 7.05 Å². The molecule has 2 rings (SSSR count). The second kappa shape index (κ2) is 4.63. The first-order valence-electron chi connectivity index (χ1n) is 5.63. The molecule has 0 unspecified atom stereocenters. The molecule has 1 aliphatic carbocycles. The van der Waals surface area contributed by atoms with Gasteiger partial charge in [-0.1, -0.05) is 12.8 Å². The van der Waals surface area contributed by atoms with Crippen LogP contribution in [0, 0.1) is 0 Å². The molecule has 2 N–H and O–H groups in total. The lowest BCUT2D eigenvalue weighted by molar-refractivity contribution is 0.212. The molecule has 0 spiro atoms. The zero-order chi connectivity index (χ0) is 11.5. The Bertz CT molecular complexity index is 340. The molecule has 0 amide bonds. The van der Waals surface area contributed by atoms with Gasteiger partial charge in [-0.2, -0.15) is 0 Å². The van der Waals surface area contributed by atoms with Crippen LogP contribution in [0.2, 0.25) is 0 Å². The number of halogens is 1. The lowest BCUT2D eigenvalue weighted by atomic mass is 9.93. The average Bonchev–Trinajstić information content (AvgIpc) is 2.30. The van der Waals surface area contributed by atoms with Crippen LogP contribution in [-0.4, -0.2) is 29.2 Å². The third-order valence-electron chi connectivity index (χ3n) is 3.12. The minimum absolute atomic E-state index is 0.0997. The predicted molar refractivity (Wildman–Crippen MR) is 62.0 cm³/mol. The van der Waals surface area contributed by atoms with Crippen molar-refractivity contribution in [2.24, 2.45) is 0 Å². The minimum atomic E-state index is -0.778. The molecular formula is C11H17FN4. The molecule has 1 heterocycles. The first kappa shape index (κ1) is 11.1. The summed E-state index contributed by atoms with van der Waals surface area (Å²) in [7, 11) is 1.84. The lowest BCUT2D eigenvalue weighted by Gasteiger charge is -2.33. The Balaban J connectivity index is 2.11. The van der Waals surface area contributed by atoms with Crippen molar-refractivity contribution in [3.05, 3.63) is 12.4 Å². The predicted octanol–water partition coefficient (Wildman–Crippen LogP) is 1.78. The standard InChI is InChI=1S/C11H17FN4/c1-16(10-5-3-2-4-9(10)12)11-14-6-8(13)7-15-11/h6-7,9-10H,2-5,13H2,1H3/t9-,10-/m1/s1. The molecule has 2 atom stereocenters. The van der Waals surface area contributed by atoms with Gasteiger partial charge in [-0.05, 0) is 12.8 Å². The van der Waals surface area contributed by atoms with E-state index < -0.39 is 6.17 Å². The van der Waals surface area contributed by atoms with E-state index in [1.54, 1.807) is 12.4 Å². The zero-order valence-electron chi connectivity index (χ0n) is 9.43. The first-order valence-corrected chi connectivity index (χ1v) is 5.63. The highest BCUT2D eigenvalue weighted by Crippen LogP contribution is 2.26. The molecule has 1 fully saturated rings. The van der Waals surface area contributed by atoms with Crippen molar-refractivity contribution < 1.29 is 4.39 Å². The quantitative estimate of drug-likeness (QED) is 0.832. The van der Waals surface area contributed by atoms with Crippen LogP contribution in [-0.2, 0) is 0 Å². The normalized spacial score (nSPS) is 25.4. The smallest absolute Gasteiger partial charge is 0.225 e. The van der Waals surface area contributed by atoms with E-state index in [9.17, 15) is 4.39 Å². The maximum absolute atomic E-state index is 13.7. The van der Waals surface area contributed by atoms with Crippen LogP contribution < -0.4 is 10.6 Å². The van der Waals surface area contributed by atoms with E-state index in [2.05, 4.69) is 9.97 Å². The van der Waals surface area contributed by atoms with E-state index in [4.69, 9.17) is 5.73 Å². The Labute approximate surface area is 94.7 Å². The van der Waals surface area contributed by atoms with Gasteiger partial charge in [0.25, 0.3) is 0 Å². The summed E-state index contributed by atoms with van der Waals surface area (Å²) in [5, 5.41) is 0. The van der Waals surface area contributed by atoms with E-state index in [0.717, 1.165) is 19.3 Å². The molecule has 0 aromatic carbocycles. The Morgan fingerprint density at radius 3 is 2.56 bits per heavy atom. The topological polar surface area (TPSA) is 55.0 Å². The molecule has 5 heteroatoms. The molecule has 16 heavy (non-hydrogen) atoms. The van der Waals surface area contributed by atoms with Crippen molar-refractivity contribution in [1.82, 2.24) is 9.97 Å². The van der Waals surface area contributed by atoms with Crippen molar-refractivity contribution in [2.45, 2.75) is 37.9 Å². The zero-order valence-corrected chi connectivity index (χ0v) is 9.43. The highest BCUT2D eigenvalue weighted by molar-refractivity contribution is 5.38. The fourth-order valence-electron chi connectivity index (χ4n) is 2.16. The van der Waals surface area contributed by atoms with Crippen LogP contribution in [0.4, 0.5) is 16.0 Å². The molecule has 4 nitrogen and oxygen atoms in total. The fourth-order valence-corrected chi connectivity index (χ4v) is 2.16. The van der Waals surface area contributed by atoms with E-state index in [-0.39, 0.29) is 6.04 Å². The number of nitrogens with zero attached hydrogens (tertiary/aromatic N) is 3.